The van der Waals surface area contributed by atoms with Gasteiger partial charge in [0.2, 0.25) is 0 Å². The molecule has 5 heteroatoms. The summed E-state index contributed by atoms with van der Waals surface area (Å²) in [4.78, 5) is 14.8. The van der Waals surface area contributed by atoms with Gasteiger partial charge in [-0.1, -0.05) is 34.6 Å². The molecule has 3 aromatic rings. The molecule has 26 heavy (non-hydrogen) atoms. The molecule has 0 saturated heterocycles. The van der Waals surface area contributed by atoms with Gasteiger partial charge < -0.3 is 9.88 Å². The fourth-order valence-corrected chi connectivity index (χ4v) is 3.29. The van der Waals surface area contributed by atoms with Gasteiger partial charge in [0.25, 0.3) is 0 Å². The van der Waals surface area contributed by atoms with Crippen LogP contribution in [-0.2, 0) is 13.5 Å². The van der Waals surface area contributed by atoms with E-state index in [1.807, 2.05) is 14.1 Å². The lowest BCUT2D eigenvalue weighted by atomic mass is 10.0. The van der Waals surface area contributed by atoms with Crippen LogP contribution in [-0.4, -0.2) is 26.6 Å². The Balaban J connectivity index is 2.26. The van der Waals surface area contributed by atoms with Crippen molar-refractivity contribution in [3.8, 4) is 11.3 Å². The zero-order valence-electron chi connectivity index (χ0n) is 16.9. The Bertz CT molecular complexity index is 937. The van der Waals surface area contributed by atoms with Crippen LogP contribution in [0.5, 0.6) is 0 Å². The molecule has 0 atom stereocenters. The Labute approximate surface area is 155 Å². The number of nitrogens with zero attached hydrogens (tertiary/aromatic N) is 4. The SMILES string of the molecule is CCc1nc2c(C(C)C)cn(C)c2nc1-c1ccc(C(C)C)nc1NC. The van der Waals surface area contributed by atoms with Crippen LogP contribution in [0.25, 0.3) is 22.4 Å². The third-order valence-electron chi connectivity index (χ3n) is 4.85. The molecule has 138 valence electrons. The van der Waals surface area contributed by atoms with Crippen LogP contribution in [0.4, 0.5) is 5.82 Å². The first-order chi connectivity index (χ1) is 12.4. The van der Waals surface area contributed by atoms with Crippen LogP contribution in [0.1, 0.15) is 63.4 Å². The minimum atomic E-state index is 0.386. The number of hydrogen-bond donors (Lipinski definition) is 1. The zero-order chi connectivity index (χ0) is 19.0. The molecule has 0 aliphatic rings. The predicted octanol–water partition coefficient (Wildman–Crippen LogP) is 4.88. The van der Waals surface area contributed by atoms with E-state index in [9.17, 15) is 0 Å². The highest BCUT2D eigenvalue weighted by molar-refractivity contribution is 5.83. The molecular formula is C21H29N5. The number of anilines is 1. The van der Waals surface area contributed by atoms with Crippen molar-refractivity contribution in [1.82, 2.24) is 19.5 Å². The molecule has 5 nitrogen and oxygen atoms in total. The topological polar surface area (TPSA) is 55.6 Å². The van der Waals surface area contributed by atoms with Crippen LogP contribution >= 0.6 is 0 Å². The van der Waals surface area contributed by atoms with Gasteiger partial charge in [0.15, 0.2) is 5.65 Å². The molecule has 3 heterocycles. The second-order valence-electron chi connectivity index (χ2n) is 7.43. The highest BCUT2D eigenvalue weighted by Crippen LogP contribution is 2.32. The lowest BCUT2D eigenvalue weighted by molar-refractivity contribution is 0.824. The maximum Gasteiger partial charge on any atom is 0.159 e. The molecule has 0 unspecified atom stereocenters. The van der Waals surface area contributed by atoms with E-state index in [0.29, 0.717) is 11.8 Å². The van der Waals surface area contributed by atoms with E-state index in [2.05, 4.69) is 62.8 Å². The van der Waals surface area contributed by atoms with E-state index < -0.39 is 0 Å². The van der Waals surface area contributed by atoms with Gasteiger partial charge in [-0.05, 0) is 30.4 Å². The molecule has 0 spiro atoms. The van der Waals surface area contributed by atoms with Crippen LogP contribution in [0.3, 0.4) is 0 Å². The third kappa shape index (κ3) is 3.06. The Morgan fingerprint density at radius 1 is 1.04 bits per heavy atom. The van der Waals surface area contributed by atoms with Crippen molar-refractivity contribution in [1.29, 1.82) is 0 Å². The first kappa shape index (κ1) is 18.4. The molecular weight excluding hydrogens is 322 g/mol. The molecule has 3 rings (SSSR count). The minimum absolute atomic E-state index is 0.386. The lowest BCUT2D eigenvalue weighted by Gasteiger charge is -2.14. The average Bonchev–Trinajstić information content (AvgIpc) is 2.96. The van der Waals surface area contributed by atoms with Crippen molar-refractivity contribution >= 4 is 17.0 Å². The van der Waals surface area contributed by atoms with Crippen molar-refractivity contribution in [3.05, 3.63) is 35.3 Å². The number of fused-ring (bicyclic) bond motifs is 1. The van der Waals surface area contributed by atoms with Gasteiger partial charge in [-0.25, -0.2) is 15.0 Å². The largest absolute Gasteiger partial charge is 0.373 e. The predicted molar refractivity (Wildman–Crippen MR) is 109 cm³/mol. The highest BCUT2D eigenvalue weighted by Gasteiger charge is 2.19. The Morgan fingerprint density at radius 3 is 2.35 bits per heavy atom. The molecule has 1 N–H and O–H groups in total. The maximum atomic E-state index is 5.02. The normalized spacial score (nSPS) is 11.7. The van der Waals surface area contributed by atoms with E-state index in [1.54, 1.807) is 0 Å². The Kier molecular flexibility index (Phi) is 4.99. The molecule has 0 bridgehead atoms. The summed E-state index contributed by atoms with van der Waals surface area (Å²) in [5.74, 6) is 1.66. The third-order valence-corrected chi connectivity index (χ3v) is 4.85. The molecule has 0 amide bonds. The molecule has 0 aliphatic heterocycles. The number of aromatic nitrogens is 4. The van der Waals surface area contributed by atoms with Crippen molar-refractivity contribution in [2.24, 2.45) is 7.05 Å². The highest BCUT2D eigenvalue weighted by atomic mass is 15.0. The summed E-state index contributed by atoms with van der Waals surface area (Å²) in [6.07, 6.45) is 2.98. The van der Waals surface area contributed by atoms with Crippen molar-refractivity contribution in [3.63, 3.8) is 0 Å². The second-order valence-corrected chi connectivity index (χ2v) is 7.43. The van der Waals surface area contributed by atoms with E-state index in [4.69, 9.17) is 15.0 Å². The molecule has 0 saturated carbocycles. The van der Waals surface area contributed by atoms with E-state index in [0.717, 1.165) is 46.0 Å². The summed E-state index contributed by atoms with van der Waals surface area (Å²) < 4.78 is 2.08. The number of pyridine rings is 1. The van der Waals surface area contributed by atoms with Crippen molar-refractivity contribution < 1.29 is 0 Å². The first-order valence-corrected chi connectivity index (χ1v) is 9.42. The number of hydrogen-bond acceptors (Lipinski definition) is 4. The second kappa shape index (κ2) is 7.06. The lowest BCUT2D eigenvalue weighted by Crippen LogP contribution is -2.05. The van der Waals surface area contributed by atoms with Gasteiger partial charge in [-0.15, -0.1) is 0 Å². The fraction of sp³-hybridized carbons (Fsp3) is 0.476. The van der Waals surface area contributed by atoms with Crippen LogP contribution < -0.4 is 5.32 Å². The number of nitrogens with one attached hydrogen (secondary N) is 1. The van der Waals surface area contributed by atoms with Gasteiger partial charge in [-0.3, -0.25) is 0 Å². The van der Waals surface area contributed by atoms with E-state index >= 15 is 0 Å². The summed E-state index contributed by atoms with van der Waals surface area (Å²) in [5.41, 5.74) is 7.21. The van der Waals surface area contributed by atoms with Crippen LogP contribution in [0.15, 0.2) is 18.3 Å². The summed E-state index contributed by atoms with van der Waals surface area (Å²) in [6, 6.07) is 4.21. The summed E-state index contributed by atoms with van der Waals surface area (Å²) >= 11 is 0. The van der Waals surface area contributed by atoms with Crippen LogP contribution in [0.2, 0.25) is 0 Å². The maximum absolute atomic E-state index is 5.02. The van der Waals surface area contributed by atoms with Gasteiger partial charge in [0.1, 0.15) is 11.3 Å². The fourth-order valence-electron chi connectivity index (χ4n) is 3.29. The molecule has 0 fully saturated rings. The standard InChI is InChI=1S/C21H29N5/c1-8-16-18(14-9-10-17(13(4)5)24-20(14)22-6)25-21-19(23-16)15(12(2)3)11-26(21)7/h9-13H,8H2,1-7H3,(H,22,24). The quantitative estimate of drug-likeness (QED) is 0.712. The van der Waals surface area contributed by atoms with Crippen molar-refractivity contribution in [2.45, 2.75) is 52.9 Å². The summed E-state index contributed by atoms with van der Waals surface area (Å²) in [7, 11) is 3.95. The van der Waals surface area contributed by atoms with Gasteiger partial charge in [0, 0.05) is 37.1 Å². The Hall–Kier alpha value is -2.43. The molecule has 0 radical (unpaired) electrons. The van der Waals surface area contributed by atoms with Crippen LogP contribution in [0, 0.1) is 0 Å². The smallest absolute Gasteiger partial charge is 0.159 e. The number of rotatable bonds is 5. The van der Waals surface area contributed by atoms with Gasteiger partial charge in [-0.2, -0.15) is 0 Å². The molecule has 0 aliphatic carbocycles. The van der Waals surface area contributed by atoms with E-state index in [-0.39, 0.29) is 0 Å². The molecule has 3 aromatic heterocycles. The molecule has 0 aromatic carbocycles. The van der Waals surface area contributed by atoms with Gasteiger partial charge in [0.05, 0.1) is 11.4 Å². The van der Waals surface area contributed by atoms with Crippen molar-refractivity contribution in [2.75, 3.05) is 12.4 Å². The minimum Gasteiger partial charge on any atom is -0.373 e. The average molecular weight is 351 g/mol. The summed E-state index contributed by atoms with van der Waals surface area (Å²) in [5, 5.41) is 3.24. The summed E-state index contributed by atoms with van der Waals surface area (Å²) in [6.45, 7) is 10.8. The Morgan fingerprint density at radius 2 is 1.77 bits per heavy atom. The van der Waals surface area contributed by atoms with E-state index in [1.165, 1.54) is 5.56 Å². The first-order valence-electron chi connectivity index (χ1n) is 9.42. The number of aryl methyl sites for hydroxylation is 2. The monoisotopic (exact) mass is 351 g/mol. The zero-order valence-corrected chi connectivity index (χ0v) is 16.9. The van der Waals surface area contributed by atoms with Gasteiger partial charge >= 0.3 is 0 Å².